The molecular weight excluding hydrogens is 293 g/mol. The highest BCUT2D eigenvalue weighted by molar-refractivity contribution is 14.1. The van der Waals surface area contributed by atoms with Gasteiger partial charge in [-0.25, -0.2) is 9.69 Å². The molecule has 14 heavy (non-hydrogen) atoms. The molecule has 0 aromatic heterocycles. The number of benzene rings is 1. The van der Waals surface area contributed by atoms with Gasteiger partial charge in [0.2, 0.25) is 0 Å². The van der Waals surface area contributed by atoms with Crippen molar-refractivity contribution in [3.63, 3.8) is 0 Å². The zero-order valence-electron chi connectivity index (χ0n) is 7.27. The summed E-state index contributed by atoms with van der Waals surface area (Å²) in [4.78, 5) is 11.8. The number of para-hydroxylation sites is 1. The topological polar surface area (TPSA) is 40.5 Å². The standard InChI is InChI=1S/C10H8INO2/c11-7-4-8-12(10(13)14)9-5-2-1-3-6-9/h1-3,5-6H,7H2,(H,13,14). The molecule has 0 saturated heterocycles. The van der Waals surface area contributed by atoms with Crippen molar-refractivity contribution in [2.24, 2.45) is 0 Å². The Labute approximate surface area is 95.9 Å². The van der Waals surface area contributed by atoms with Crippen LogP contribution in [0.15, 0.2) is 30.3 Å². The van der Waals surface area contributed by atoms with Gasteiger partial charge >= 0.3 is 6.09 Å². The van der Waals surface area contributed by atoms with Gasteiger partial charge in [-0.1, -0.05) is 46.7 Å². The third-order valence-corrected chi connectivity index (χ3v) is 1.84. The predicted octanol–water partition coefficient (Wildman–Crippen LogP) is 2.57. The number of hydrogen-bond acceptors (Lipinski definition) is 1. The minimum Gasteiger partial charge on any atom is -0.464 e. The lowest BCUT2D eigenvalue weighted by molar-refractivity contribution is 0.205. The molecule has 1 aromatic rings. The van der Waals surface area contributed by atoms with Crippen LogP contribution in [0.3, 0.4) is 0 Å². The summed E-state index contributed by atoms with van der Waals surface area (Å²) in [5.41, 5.74) is 0.567. The molecule has 1 rings (SSSR count). The molecule has 1 aromatic carbocycles. The van der Waals surface area contributed by atoms with E-state index in [1.165, 1.54) is 0 Å². The summed E-state index contributed by atoms with van der Waals surface area (Å²) in [6.45, 7) is 0. The van der Waals surface area contributed by atoms with Crippen LogP contribution < -0.4 is 4.90 Å². The summed E-state index contributed by atoms with van der Waals surface area (Å²) < 4.78 is 0.606. The first-order valence-corrected chi connectivity index (χ1v) is 5.41. The number of alkyl halides is 1. The van der Waals surface area contributed by atoms with Crippen molar-refractivity contribution < 1.29 is 9.90 Å². The molecule has 72 valence electrons. The molecule has 4 heteroatoms. The van der Waals surface area contributed by atoms with Gasteiger partial charge in [0.1, 0.15) is 0 Å². The normalized spacial score (nSPS) is 8.64. The first-order chi connectivity index (χ1) is 6.75. The molecule has 0 bridgehead atoms. The molecule has 0 fully saturated rings. The Morgan fingerprint density at radius 2 is 2.07 bits per heavy atom. The number of carboxylic acid groups (broad SMARTS) is 1. The summed E-state index contributed by atoms with van der Waals surface area (Å²) >= 11 is 2.07. The van der Waals surface area contributed by atoms with Crippen molar-refractivity contribution >= 4 is 34.4 Å². The molecule has 0 aliphatic heterocycles. The Morgan fingerprint density at radius 3 is 2.57 bits per heavy atom. The Hall–Kier alpha value is -1.22. The minimum atomic E-state index is -1.06. The largest absolute Gasteiger partial charge is 0.464 e. The van der Waals surface area contributed by atoms with Crippen LogP contribution in [0.25, 0.3) is 0 Å². The molecule has 0 aliphatic rings. The zero-order valence-corrected chi connectivity index (χ0v) is 9.43. The second-order valence-electron chi connectivity index (χ2n) is 2.38. The van der Waals surface area contributed by atoms with E-state index < -0.39 is 6.09 Å². The van der Waals surface area contributed by atoms with Gasteiger partial charge in [0.25, 0.3) is 0 Å². The maximum Gasteiger partial charge on any atom is 0.423 e. The maximum atomic E-state index is 10.8. The van der Waals surface area contributed by atoms with E-state index in [9.17, 15) is 4.79 Å². The van der Waals surface area contributed by atoms with Crippen molar-refractivity contribution in [3.8, 4) is 12.0 Å². The van der Waals surface area contributed by atoms with Crippen LogP contribution in [0.2, 0.25) is 0 Å². The SMILES string of the molecule is O=C(O)N(C#CCI)c1ccccc1. The Morgan fingerprint density at radius 1 is 1.43 bits per heavy atom. The van der Waals surface area contributed by atoms with E-state index in [0.717, 1.165) is 4.90 Å². The molecular formula is C10H8INO2. The van der Waals surface area contributed by atoms with Gasteiger partial charge in [-0.15, -0.1) is 0 Å². The monoisotopic (exact) mass is 301 g/mol. The summed E-state index contributed by atoms with van der Waals surface area (Å²) in [5.74, 6) is 2.71. The number of rotatable bonds is 1. The molecule has 0 unspecified atom stereocenters. The molecule has 1 amide bonds. The molecule has 3 nitrogen and oxygen atoms in total. The number of nitrogens with zero attached hydrogens (tertiary/aromatic N) is 1. The van der Waals surface area contributed by atoms with Gasteiger partial charge in [-0.2, -0.15) is 0 Å². The quantitative estimate of drug-likeness (QED) is 0.375. The molecule has 1 N–H and O–H groups in total. The average Bonchev–Trinajstić information content (AvgIpc) is 2.19. The van der Waals surface area contributed by atoms with E-state index in [1.807, 2.05) is 6.07 Å². The van der Waals surface area contributed by atoms with E-state index in [-0.39, 0.29) is 0 Å². The Kier molecular flexibility index (Phi) is 4.26. The van der Waals surface area contributed by atoms with Crippen molar-refractivity contribution in [1.29, 1.82) is 0 Å². The smallest absolute Gasteiger partial charge is 0.423 e. The highest BCUT2D eigenvalue weighted by Gasteiger charge is 2.10. The number of hydrogen-bond donors (Lipinski definition) is 1. The first kappa shape index (κ1) is 10.9. The van der Waals surface area contributed by atoms with E-state index in [4.69, 9.17) is 5.11 Å². The fourth-order valence-corrected chi connectivity index (χ4v) is 1.08. The predicted molar refractivity (Wildman–Crippen MR) is 63.6 cm³/mol. The molecule has 0 spiro atoms. The van der Waals surface area contributed by atoms with Crippen molar-refractivity contribution in [2.45, 2.75) is 0 Å². The highest BCUT2D eigenvalue weighted by atomic mass is 127. The third kappa shape index (κ3) is 2.92. The fraction of sp³-hybridized carbons (Fsp3) is 0.100. The van der Waals surface area contributed by atoms with Crippen LogP contribution >= 0.6 is 22.6 Å². The first-order valence-electron chi connectivity index (χ1n) is 3.88. The van der Waals surface area contributed by atoms with E-state index in [0.29, 0.717) is 10.1 Å². The minimum absolute atomic E-state index is 0.567. The number of carbonyl (C=O) groups is 1. The second-order valence-corrected chi connectivity index (χ2v) is 3.14. The van der Waals surface area contributed by atoms with Crippen LogP contribution in [-0.2, 0) is 0 Å². The Bertz CT molecular complexity index is 367. The van der Waals surface area contributed by atoms with Crippen LogP contribution in [0.4, 0.5) is 10.5 Å². The lowest BCUT2D eigenvalue weighted by Crippen LogP contribution is -2.23. The molecule has 0 atom stereocenters. The van der Waals surface area contributed by atoms with Gasteiger partial charge in [-0.3, -0.25) is 0 Å². The number of anilines is 1. The number of halogens is 1. The Balaban J connectivity index is 2.95. The van der Waals surface area contributed by atoms with E-state index >= 15 is 0 Å². The summed E-state index contributed by atoms with van der Waals surface area (Å²) in [6.07, 6.45) is -1.06. The number of amides is 1. The van der Waals surface area contributed by atoms with Crippen molar-refractivity contribution in [2.75, 3.05) is 9.33 Å². The van der Waals surface area contributed by atoms with Crippen LogP contribution in [0, 0.1) is 12.0 Å². The van der Waals surface area contributed by atoms with Gasteiger partial charge < -0.3 is 5.11 Å². The van der Waals surface area contributed by atoms with Crippen LogP contribution in [-0.4, -0.2) is 15.6 Å². The van der Waals surface area contributed by atoms with Gasteiger partial charge in [0, 0.05) is 6.04 Å². The van der Waals surface area contributed by atoms with E-state index in [2.05, 4.69) is 34.6 Å². The molecule has 0 heterocycles. The lowest BCUT2D eigenvalue weighted by atomic mass is 10.3. The van der Waals surface area contributed by atoms with Gasteiger partial charge in [0.15, 0.2) is 0 Å². The van der Waals surface area contributed by atoms with Crippen molar-refractivity contribution in [1.82, 2.24) is 0 Å². The second kappa shape index (κ2) is 5.50. The van der Waals surface area contributed by atoms with Crippen molar-refractivity contribution in [3.05, 3.63) is 30.3 Å². The summed E-state index contributed by atoms with van der Waals surface area (Å²) in [6, 6.07) is 11.3. The molecule has 0 aliphatic carbocycles. The highest BCUT2D eigenvalue weighted by Crippen LogP contribution is 2.11. The van der Waals surface area contributed by atoms with Crippen LogP contribution in [0.5, 0.6) is 0 Å². The van der Waals surface area contributed by atoms with E-state index in [1.54, 1.807) is 24.3 Å². The van der Waals surface area contributed by atoms with Crippen LogP contribution in [0.1, 0.15) is 0 Å². The molecule has 0 saturated carbocycles. The summed E-state index contributed by atoms with van der Waals surface area (Å²) in [5, 5.41) is 8.87. The lowest BCUT2D eigenvalue weighted by Gasteiger charge is -2.10. The summed E-state index contributed by atoms with van der Waals surface area (Å²) in [7, 11) is 0. The average molecular weight is 301 g/mol. The third-order valence-electron chi connectivity index (χ3n) is 1.46. The molecule has 0 radical (unpaired) electrons. The zero-order chi connectivity index (χ0) is 10.4. The van der Waals surface area contributed by atoms with Gasteiger partial charge in [0.05, 0.1) is 10.1 Å². The van der Waals surface area contributed by atoms with Gasteiger partial charge in [-0.05, 0) is 12.1 Å². The maximum absolute atomic E-state index is 10.8. The fourth-order valence-electron chi connectivity index (χ4n) is 0.909.